The summed E-state index contributed by atoms with van der Waals surface area (Å²) in [6.45, 7) is 0. The fourth-order valence-electron chi connectivity index (χ4n) is 8.51. The predicted molar refractivity (Wildman–Crippen MR) is 188 cm³/mol. The largest absolute Gasteiger partial charge is 0.497 e. The van der Waals surface area contributed by atoms with Crippen molar-refractivity contribution in [2.24, 2.45) is 11.8 Å². The zero-order valence-electron chi connectivity index (χ0n) is 26.2. The van der Waals surface area contributed by atoms with Crippen molar-refractivity contribution >= 4 is 50.4 Å². The van der Waals surface area contributed by atoms with Crippen molar-refractivity contribution < 1.29 is 23.9 Å². The number of imide groups is 1. The van der Waals surface area contributed by atoms with Crippen LogP contribution in [0.25, 0.3) is 11.1 Å². The maximum absolute atomic E-state index is 16.0. The molecule has 5 aromatic carbocycles. The highest BCUT2D eigenvalue weighted by Crippen LogP contribution is 2.74. The molecule has 48 heavy (non-hydrogen) atoms. The minimum absolute atomic E-state index is 0.174. The average molecular weight is 697 g/mol. The molecule has 2 amide bonds. The van der Waals surface area contributed by atoms with E-state index >= 15 is 14.4 Å². The Labute approximate surface area is 286 Å². The van der Waals surface area contributed by atoms with Gasteiger partial charge in [0.2, 0.25) is 11.8 Å². The van der Waals surface area contributed by atoms with Crippen molar-refractivity contribution in [3.8, 4) is 11.5 Å². The van der Waals surface area contributed by atoms with Gasteiger partial charge >= 0.3 is 0 Å². The second-order valence-electron chi connectivity index (χ2n) is 12.3. The van der Waals surface area contributed by atoms with E-state index in [1.165, 1.54) is 4.90 Å². The molecule has 8 rings (SSSR count). The standard InChI is InChI=1S/C41H30BrNO5/c1-47-29-21-17-25(18-22-29)33-34(26-19-23-30(48-2)24-20-26)41(28-13-7-4-8-14-28)36-35(40(33,39(41)46)27-11-5-3-6-12-27)37(44)43(38(36)45)32-16-10-9-15-31(32)42/h3-24,35-36H,1-2H3/t35-,36+,40-,41-/m1/s1. The number of carbonyl (C=O) groups is 3. The van der Waals surface area contributed by atoms with Gasteiger partial charge < -0.3 is 9.47 Å². The number of hydrogen-bond acceptors (Lipinski definition) is 5. The lowest BCUT2D eigenvalue weighted by atomic mass is 9.59. The Morgan fingerprint density at radius 1 is 0.542 bits per heavy atom. The van der Waals surface area contributed by atoms with E-state index < -0.39 is 34.5 Å². The van der Waals surface area contributed by atoms with E-state index in [1.54, 1.807) is 26.4 Å². The number of ketones is 1. The summed E-state index contributed by atoms with van der Waals surface area (Å²) in [5.41, 5.74) is 1.79. The number of benzene rings is 5. The summed E-state index contributed by atoms with van der Waals surface area (Å²) in [5, 5.41) is 0. The highest BCUT2D eigenvalue weighted by molar-refractivity contribution is 9.10. The topological polar surface area (TPSA) is 72.9 Å². The Hall–Kier alpha value is -5.27. The number of hydrogen-bond donors (Lipinski definition) is 0. The number of methoxy groups -OCH3 is 2. The van der Waals surface area contributed by atoms with Gasteiger partial charge in [-0.25, -0.2) is 4.90 Å². The molecule has 6 nitrogen and oxygen atoms in total. The van der Waals surface area contributed by atoms with E-state index in [0.717, 1.165) is 11.1 Å². The number of anilines is 1. The summed E-state index contributed by atoms with van der Waals surface area (Å²) in [7, 11) is 3.22. The number of amides is 2. The molecule has 0 unspecified atom stereocenters. The van der Waals surface area contributed by atoms with Gasteiger partial charge in [0.25, 0.3) is 0 Å². The van der Waals surface area contributed by atoms with Gasteiger partial charge in [0.1, 0.15) is 11.5 Å². The number of rotatable bonds is 7. The van der Waals surface area contributed by atoms with Gasteiger partial charge in [-0.05, 0) is 85.7 Å². The number of para-hydroxylation sites is 1. The van der Waals surface area contributed by atoms with Crippen LogP contribution in [0.5, 0.6) is 11.5 Å². The first-order valence-corrected chi connectivity index (χ1v) is 16.5. The Balaban J connectivity index is 1.55. The quantitative estimate of drug-likeness (QED) is 0.164. The monoisotopic (exact) mass is 695 g/mol. The van der Waals surface area contributed by atoms with Gasteiger partial charge in [-0.1, -0.05) is 97.1 Å². The Kier molecular flexibility index (Phi) is 7.00. The van der Waals surface area contributed by atoms with Crippen LogP contribution in [0.1, 0.15) is 22.3 Å². The van der Waals surface area contributed by atoms with Gasteiger partial charge in [0.15, 0.2) is 5.78 Å². The molecule has 1 aliphatic heterocycles. The number of Topliss-reactive ketones (excluding diaryl/α,β-unsaturated/α-hetero) is 1. The molecule has 5 aromatic rings. The van der Waals surface area contributed by atoms with E-state index in [0.29, 0.717) is 43.9 Å². The van der Waals surface area contributed by atoms with Crippen molar-refractivity contribution in [1.82, 2.24) is 0 Å². The molecule has 0 radical (unpaired) electrons. The van der Waals surface area contributed by atoms with Crippen molar-refractivity contribution in [1.29, 1.82) is 0 Å². The van der Waals surface area contributed by atoms with Crippen LogP contribution in [-0.4, -0.2) is 31.8 Å². The maximum Gasteiger partial charge on any atom is 0.239 e. The van der Waals surface area contributed by atoms with Gasteiger partial charge in [0, 0.05) is 4.47 Å². The van der Waals surface area contributed by atoms with E-state index in [2.05, 4.69) is 15.9 Å². The molecule has 3 aliphatic rings. The summed E-state index contributed by atoms with van der Waals surface area (Å²) in [6.07, 6.45) is 0. The molecule has 1 saturated heterocycles. The number of allylic oxidation sites excluding steroid dienone is 2. The van der Waals surface area contributed by atoms with Gasteiger partial charge in [-0.15, -0.1) is 0 Å². The lowest BCUT2D eigenvalue weighted by Crippen LogP contribution is -2.45. The van der Waals surface area contributed by atoms with Crippen molar-refractivity contribution in [3.63, 3.8) is 0 Å². The summed E-state index contributed by atoms with van der Waals surface area (Å²) in [5.74, 6) is -1.66. The molecular weight excluding hydrogens is 666 g/mol. The third-order valence-corrected chi connectivity index (χ3v) is 11.0. The normalized spacial score (nSPS) is 24.3. The molecule has 236 valence electrons. The van der Waals surface area contributed by atoms with E-state index in [-0.39, 0.29) is 5.78 Å². The first-order valence-electron chi connectivity index (χ1n) is 15.7. The lowest BCUT2D eigenvalue weighted by Gasteiger charge is -2.39. The third kappa shape index (κ3) is 3.82. The fourth-order valence-corrected chi connectivity index (χ4v) is 8.97. The SMILES string of the molecule is COc1ccc(C2=C(c3ccc(OC)cc3)[C@@]3(c4ccccc4)C(=O)[C@@]2(c2ccccc2)[C@@H]2C(=O)N(c4ccccc4Br)C(=O)[C@@H]23)cc1. The molecule has 1 saturated carbocycles. The highest BCUT2D eigenvalue weighted by atomic mass is 79.9. The first kappa shape index (κ1) is 30.1. The Morgan fingerprint density at radius 3 is 1.33 bits per heavy atom. The van der Waals surface area contributed by atoms with Crippen molar-refractivity contribution in [3.05, 3.63) is 160 Å². The molecule has 0 aromatic heterocycles. The lowest BCUT2D eigenvalue weighted by molar-refractivity contribution is -0.130. The average Bonchev–Trinajstić information content (AvgIpc) is 3.64. The minimum Gasteiger partial charge on any atom is -0.497 e. The highest BCUT2D eigenvalue weighted by Gasteiger charge is 2.82. The van der Waals surface area contributed by atoms with Crippen molar-refractivity contribution in [2.45, 2.75) is 10.8 Å². The second kappa shape index (κ2) is 11.2. The summed E-state index contributed by atoms with van der Waals surface area (Å²) >= 11 is 3.59. The molecule has 1 heterocycles. The maximum atomic E-state index is 16.0. The molecule has 0 spiro atoms. The Bertz CT molecular complexity index is 2000. The molecular formula is C41H30BrNO5. The predicted octanol–water partition coefficient (Wildman–Crippen LogP) is 7.66. The molecule has 0 N–H and O–H groups in total. The van der Waals surface area contributed by atoms with Crippen LogP contribution in [0.3, 0.4) is 0 Å². The molecule has 4 atom stereocenters. The van der Waals surface area contributed by atoms with E-state index in [1.807, 2.05) is 121 Å². The third-order valence-electron chi connectivity index (χ3n) is 10.3. The van der Waals surface area contributed by atoms with Crippen LogP contribution < -0.4 is 14.4 Å². The van der Waals surface area contributed by atoms with Crippen molar-refractivity contribution in [2.75, 3.05) is 19.1 Å². The second-order valence-corrected chi connectivity index (χ2v) is 13.2. The van der Waals surface area contributed by atoms with Gasteiger partial charge in [0.05, 0.1) is 42.6 Å². The first-order chi connectivity index (χ1) is 23.4. The number of carbonyl (C=O) groups excluding carboxylic acids is 3. The smallest absolute Gasteiger partial charge is 0.239 e. The molecule has 2 fully saturated rings. The molecule has 7 heteroatoms. The van der Waals surface area contributed by atoms with Gasteiger partial charge in [-0.3, -0.25) is 14.4 Å². The Morgan fingerprint density at radius 2 is 0.938 bits per heavy atom. The van der Waals surface area contributed by atoms with Crippen LogP contribution in [0.2, 0.25) is 0 Å². The van der Waals surface area contributed by atoms with E-state index in [4.69, 9.17) is 9.47 Å². The summed E-state index contributed by atoms with van der Waals surface area (Å²) in [4.78, 5) is 47.5. The number of ether oxygens (including phenoxy) is 2. The van der Waals surface area contributed by atoms with Gasteiger partial charge in [-0.2, -0.15) is 0 Å². The van der Waals surface area contributed by atoms with Crippen LogP contribution in [-0.2, 0) is 25.2 Å². The minimum atomic E-state index is -1.49. The van der Waals surface area contributed by atoms with Crippen LogP contribution >= 0.6 is 15.9 Å². The summed E-state index contributed by atoms with van der Waals surface area (Å²) < 4.78 is 11.7. The zero-order valence-corrected chi connectivity index (χ0v) is 27.8. The van der Waals surface area contributed by atoms with E-state index in [9.17, 15) is 0 Å². The number of halogens is 1. The molecule has 2 aliphatic carbocycles. The number of nitrogens with zero attached hydrogens (tertiary/aromatic N) is 1. The zero-order chi connectivity index (χ0) is 33.2. The molecule has 2 bridgehead atoms. The number of fused-ring (bicyclic) bond motifs is 5. The van der Waals surface area contributed by atoms with Crippen LogP contribution in [0.15, 0.2) is 138 Å². The fraction of sp³-hybridized carbons (Fsp3) is 0.146. The van der Waals surface area contributed by atoms with Crippen LogP contribution in [0, 0.1) is 11.8 Å². The van der Waals surface area contributed by atoms with Crippen LogP contribution in [0.4, 0.5) is 5.69 Å². The summed E-state index contributed by atoms with van der Waals surface area (Å²) in [6, 6.07) is 41.4.